The van der Waals surface area contributed by atoms with Crippen molar-refractivity contribution in [2.45, 2.75) is 0 Å². The first kappa shape index (κ1) is 15.8. The van der Waals surface area contributed by atoms with Crippen LogP contribution in [0, 0.1) is 0 Å². The van der Waals surface area contributed by atoms with Gasteiger partial charge < -0.3 is 10.1 Å². The highest BCUT2D eigenvalue weighted by Crippen LogP contribution is 2.23. The van der Waals surface area contributed by atoms with Gasteiger partial charge in [0.05, 0.1) is 24.7 Å². The molecule has 0 unspecified atom stereocenters. The molecule has 116 valence electrons. The fraction of sp³-hybridized carbons (Fsp3) is 0.133. The van der Waals surface area contributed by atoms with E-state index in [0.29, 0.717) is 22.7 Å². The highest BCUT2D eigenvalue weighted by atomic mass is 32.2. The second-order valence-electron chi connectivity index (χ2n) is 4.61. The quantitative estimate of drug-likeness (QED) is 0.885. The maximum absolute atomic E-state index is 12.3. The molecule has 2 aromatic carbocycles. The van der Waals surface area contributed by atoms with E-state index in [-0.39, 0.29) is 5.91 Å². The van der Waals surface area contributed by atoms with Crippen LogP contribution in [-0.2, 0) is 10.0 Å². The molecule has 0 saturated carbocycles. The fourth-order valence-electron chi connectivity index (χ4n) is 1.84. The third-order valence-corrected chi connectivity index (χ3v) is 3.39. The van der Waals surface area contributed by atoms with Gasteiger partial charge in [-0.05, 0) is 30.3 Å². The highest BCUT2D eigenvalue weighted by Gasteiger charge is 2.11. The van der Waals surface area contributed by atoms with E-state index in [1.807, 2.05) is 0 Å². The van der Waals surface area contributed by atoms with Crippen LogP contribution in [0.4, 0.5) is 11.4 Å². The third-order valence-electron chi connectivity index (χ3n) is 2.80. The molecule has 2 N–H and O–H groups in total. The number of sulfonamides is 1. The first-order valence-electron chi connectivity index (χ1n) is 6.41. The Morgan fingerprint density at radius 3 is 2.36 bits per heavy atom. The molecule has 0 radical (unpaired) electrons. The number of rotatable bonds is 5. The van der Waals surface area contributed by atoms with E-state index in [2.05, 4.69) is 10.0 Å². The van der Waals surface area contributed by atoms with Gasteiger partial charge in [0.2, 0.25) is 10.0 Å². The minimum Gasteiger partial charge on any atom is -0.497 e. The number of ether oxygens (including phenoxy) is 1. The molecule has 0 aliphatic heterocycles. The van der Waals surface area contributed by atoms with Crippen molar-refractivity contribution >= 4 is 27.3 Å². The standard InChI is InChI=1S/C15H16N2O4S/c1-21-12-7-5-6-11(10-12)15(18)16-13-8-3-4-9-14(13)17-22(2,19)20/h3-10,17H,1-2H3,(H,16,18). The van der Waals surface area contributed by atoms with Gasteiger partial charge in [-0.25, -0.2) is 8.42 Å². The van der Waals surface area contributed by atoms with Crippen molar-refractivity contribution in [2.24, 2.45) is 0 Å². The van der Waals surface area contributed by atoms with E-state index in [1.165, 1.54) is 7.11 Å². The van der Waals surface area contributed by atoms with Gasteiger partial charge in [0.25, 0.3) is 5.91 Å². The Morgan fingerprint density at radius 1 is 1.05 bits per heavy atom. The van der Waals surface area contributed by atoms with E-state index in [4.69, 9.17) is 4.74 Å². The number of hydrogen-bond donors (Lipinski definition) is 2. The average molecular weight is 320 g/mol. The van der Waals surface area contributed by atoms with E-state index in [0.717, 1.165) is 6.26 Å². The van der Waals surface area contributed by atoms with Crippen molar-refractivity contribution in [3.8, 4) is 5.75 Å². The van der Waals surface area contributed by atoms with Crippen molar-refractivity contribution in [3.05, 3.63) is 54.1 Å². The minimum absolute atomic E-state index is 0.307. The number of nitrogens with one attached hydrogen (secondary N) is 2. The maximum atomic E-state index is 12.3. The van der Waals surface area contributed by atoms with Gasteiger partial charge in [-0.3, -0.25) is 9.52 Å². The van der Waals surface area contributed by atoms with Crippen LogP contribution in [0.25, 0.3) is 0 Å². The zero-order valence-electron chi connectivity index (χ0n) is 12.2. The van der Waals surface area contributed by atoms with Crippen molar-refractivity contribution in [2.75, 3.05) is 23.4 Å². The number of carbonyl (C=O) groups is 1. The molecule has 6 nitrogen and oxygen atoms in total. The first-order chi connectivity index (χ1) is 10.4. The summed E-state index contributed by atoms with van der Waals surface area (Å²) in [5.41, 5.74) is 1.09. The van der Waals surface area contributed by atoms with Crippen LogP contribution in [-0.4, -0.2) is 27.7 Å². The summed E-state index contributed by atoms with van der Waals surface area (Å²) in [7, 11) is -1.92. The summed E-state index contributed by atoms with van der Waals surface area (Å²) >= 11 is 0. The predicted molar refractivity (Wildman–Crippen MR) is 85.9 cm³/mol. The van der Waals surface area contributed by atoms with Gasteiger partial charge in [-0.2, -0.15) is 0 Å². The second-order valence-corrected chi connectivity index (χ2v) is 6.35. The lowest BCUT2D eigenvalue weighted by Gasteiger charge is -2.12. The number of anilines is 2. The Balaban J connectivity index is 2.25. The molecule has 2 aromatic rings. The van der Waals surface area contributed by atoms with Crippen molar-refractivity contribution in [1.82, 2.24) is 0 Å². The first-order valence-corrected chi connectivity index (χ1v) is 8.30. The van der Waals surface area contributed by atoms with Gasteiger partial charge in [0.1, 0.15) is 5.75 Å². The van der Waals surface area contributed by atoms with Gasteiger partial charge in [0.15, 0.2) is 0 Å². The van der Waals surface area contributed by atoms with E-state index in [1.54, 1.807) is 48.5 Å². The zero-order chi connectivity index (χ0) is 16.2. The van der Waals surface area contributed by atoms with E-state index >= 15 is 0 Å². The zero-order valence-corrected chi connectivity index (χ0v) is 13.0. The molecule has 0 heterocycles. The van der Waals surface area contributed by atoms with Crippen LogP contribution >= 0.6 is 0 Å². The Labute approximate surface area is 129 Å². The largest absolute Gasteiger partial charge is 0.497 e. The molecule has 22 heavy (non-hydrogen) atoms. The number of hydrogen-bond acceptors (Lipinski definition) is 4. The Kier molecular flexibility index (Phi) is 4.67. The maximum Gasteiger partial charge on any atom is 0.255 e. The lowest BCUT2D eigenvalue weighted by molar-refractivity contribution is 0.102. The Hall–Kier alpha value is -2.54. The van der Waals surface area contributed by atoms with Crippen molar-refractivity contribution in [1.29, 1.82) is 0 Å². The number of methoxy groups -OCH3 is 1. The predicted octanol–water partition coefficient (Wildman–Crippen LogP) is 2.32. The molecular formula is C15H16N2O4S. The molecular weight excluding hydrogens is 304 g/mol. The number of para-hydroxylation sites is 2. The number of amides is 1. The molecule has 0 aliphatic rings. The summed E-state index contributed by atoms with van der Waals surface area (Å²) in [6.07, 6.45) is 1.05. The summed E-state index contributed by atoms with van der Waals surface area (Å²) in [5.74, 6) is 0.205. The number of benzene rings is 2. The molecule has 7 heteroatoms. The summed E-state index contributed by atoms with van der Waals surface area (Å²) < 4.78 is 30.1. The van der Waals surface area contributed by atoms with Crippen molar-refractivity contribution in [3.63, 3.8) is 0 Å². The van der Waals surface area contributed by atoms with Crippen LogP contribution in [0.5, 0.6) is 5.75 Å². The summed E-state index contributed by atoms with van der Waals surface area (Å²) in [5, 5.41) is 2.68. The lowest BCUT2D eigenvalue weighted by Crippen LogP contribution is -2.16. The average Bonchev–Trinajstić information content (AvgIpc) is 2.48. The summed E-state index contributed by atoms with van der Waals surface area (Å²) in [6, 6.07) is 13.2. The smallest absolute Gasteiger partial charge is 0.255 e. The molecule has 0 spiro atoms. The Morgan fingerprint density at radius 2 is 1.73 bits per heavy atom. The molecule has 0 atom stereocenters. The Bertz CT molecular complexity index is 788. The van der Waals surface area contributed by atoms with Gasteiger partial charge in [0, 0.05) is 5.56 Å². The molecule has 2 rings (SSSR count). The monoisotopic (exact) mass is 320 g/mol. The topological polar surface area (TPSA) is 84.5 Å². The van der Waals surface area contributed by atoms with Crippen LogP contribution < -0.4 is 14.8 Å². The lowest BCUT2D eigenvalue weighted by atomic mass is 10.2. The molecule has 0 bridgehead atoms. The molecule has 0 fully saturated rings. The van der Waals surface area contributed by atoms with Gasteiger partial charge >= 0.3 is 0 Å². The van der Waals surface area contributed by atoms with Gasteiger partial charge in [-0.15, -0.1) is 0 Å². The van der Waals surface area contributed by atoms with Crippen LogP contribution in [0.2, 0.25) is 0 Å². The SMILES string of the molecule is COc1cccc(C(=O)Nc2ccccc2NS(C)(=O)=O)c1. The molecule has 0 aromatic heterocycles. The van der Waals surface area contributed by atoms with Crippen molar-refractivity contribution < 1.29 is 17.9 Å². The van der Waals surface area contributed by atoms with E-state index in [9.17, 15) is 13.2 Å². The summed E-state index contributed by atoms with van der Waals surface area (Å²) in [6.45, 7) is 0. The third kappa shape index (κ3) is 4.23. The fourth-order valence-corrected chi connectivity index (χ4v) is 2.42. The molecule has 0 saturated heterocycles. The normalized spacial score (nSPS) is 10.8. The molecule has 0 aliphatic carbocycles. The van der Waals surface area contributed by atoms with Crippen LogP contribution in [0.3, 0.4) is 0 Å². The number of carbonyl (C=O) groups excluding carboxylic acids is 1. The highest BCUT2D eigenvalue weighted by molar-refractivity contribution is 7.92. The van der Waals surface area contributed by atoms with E-state index < -0.39 is 10.0 Å². The molecule has 1 amide bonds. The summed E-state index contributed by atoms with van der Waals surface area (Å²) in [4.78, 5) is 12.3. The second kappa shape index (κ2) is 6.48. The van der Waals surface area contributed by atoms with Gasteiger partial charge in [-0.1, -0.05) is 18.2 Å². The van der Waals surface area contributed by atoms with Crippen LogP contribution in [0.1, 0.15) is 10.4 Å². The minimum atomic E-state index is -3.43. The van der Waals surface area contributed by atoms with Crippen LogP contribution in [0.15, 0.2) is 48.5 Å².